The summed E-state index contributed by atoms with van der Waals surface area (Å²) in [4.78, 5) is 2.22. The summed E-state index contributed by atoms with van der Waals surface area (Å²) in [7, 11) is 0. The third-order valence-corrected chi connectivity index (χ3v) is 2.93. The van der Waals surface area contributed by atoms with Crippen LogP contribution >= 0.6 is 23.2 Å². The van der Waals surface area contributed by atoms with E-state index in [1.165, 1.54) is 6.07 Å². The largest absolute Gasteiger partial charge is 0.296 e. The fourth-order valence-corrected chi connectivity index (χ4v) is 1.92. The monoisotopic (exact) mass is 263 g/mol. The third-order valence-electron chi connectivity index (χ3n) is 2.47. The summed E-state index contributed by atoms with van der Waals surface area (Å²) in [6, 6.07) is 5.23. The maximum Gasteiger partial charge on any atom is 0.141 e. The van der Waals surface area contributed by atoms with Gasteiger partial charge in [0.05, 0.1) is 5.02 Å². The fourth-order valence-electron chi connectivity index (χ4n) is 1.50. The molecule has 0 bridgehead atoms. The molecule has 1 rings (SSSR count). The molecule has 4 heteroatoms. The van der Waals surface area contributed by atoms with Crippen molar-refractivity contribution >= 4 is 23.2 Å². The van der Waals surface area contributed by atoms with Crippen LogP contribution in [-0.2, 0) is 6.54 Å². The SMILES string of the molecule is CC(C)N(CCCl)Cc1ccc(F)c(Cl)c1. The van der Waals surface area contributed by atoms with Crippen molar-refractivity contribution in [2.75, 3.05) is 12.4 Å². The van der Waals surface area contributed by atoms with E-state index in [0.717, 1.165) is 18.7 Å². The first-order valence-electron chi connectivity index (χ1n) is 5.28. The Bertz CT molecular complexity index is 342. The van der Waals surface area contributed by atoms with Gasteiger partial charge in [0.2, 0.25) is 0 Å². The summed E-state index contributed by atoms with van der Waals surface area (Å²) in [6.45, 7) is 5.77. The van der Waals surface area contributed by atoms with Gasteiger partial charge in [-0.2, -0.15) is 0 Å². The second-order valence-corrected chi connectivity index (χ2v) is 4.79. The molecule has 0 saturated heterocycles. The van der Waals surface area contributed by atoms with Gasteiger partial charge < -0.3 is 0 Å². The van der Waals surface area contributed by atoms with Crippen LogP contribution in [0.25, 0.3) is 0 Å². The van der Waals surface area contributed by atoms with Gasteiger partial charge in [0.1, 0.15) is 5.82 Å². The van der Waals surface area contributed by atoms with E-state index in [1.807, 2.05) is 0 Å². The molecule has 0 fully saturated rings. The van der Waals surface area contributed by atoms with E-state index in [-0.39, 0.29) is 10.8 Å². The Balaban J connectivity index is 2.73. The minimum absolute atomic E-state index is 0.173. The lowest BCUT2D eigenvalue weighted by Gasteiger charge is -2.25. The summed E-state index contributed by atoms with van der Waals surface area (Å²) in [6.07, 6.45) is 0. The van der Waals surface area contributed by atoms with Gasteiger partial charge in [-0.25, -0.2) is 4.39 Å². The normalized spacial score (nSPS) is 11.4. The maximum absolute atomic E-state index is 13.0. The molecule has 0 aromatic heterocycles. The Morgan fingerprint density at radius 3 is 2.56 bits per heavy atom. The van der Waals surface area contributed by atoms with Crippen molar-refractivity contribution in [1.29, 1.82) is 0 Å². The standard InChI is InChI=1S/C12H16Cl2FN/c1-9(2)16(6-5-13)8-10-3-4-12(15)11(14)7-10/h3-4,7,9H,5-6,8H2,1-2H3. The van der Waals surface area contributed by atoms with E-state index in [0.29, 0.717) is 11.9 Å². The van der Waals surface area contributed by atoms with Crippen LogP contribution in [0.1, 0.15) is 19.4 Å². The molecule has 16 heavy (non-hydrogen) atoms. The summed E-state index contributed by atoms with van der Waals surface area (Å²) < 4.78 is 13.0. The molecule has 0 unspecified atom stereocenters. The van der Waals surface area contributed by atoms with Gasteiger partial charge in [0.15, 0.2) is 0 Å². The minimum Gasteiger partial charge on any atom is -0.296 e. The van der Waals surface area contributed by atoms with Crippen LogP contribution in [0.3, 0.4) is 0 Å². The highest BCUT2D eigenvalue weighted by molar-refractivity contribution is 6.30. The zero-order valence-electron chi connectivity index (χ0n) is 9.51. The van der Waals surface area contributed by atoms with E-state index < -0.39 is 0 Å². The average molecular weight is 264 g/mol. The lowest BCUT2D eigenvalue weighted by molar-refractivity contribution is 0.226. The van der Waals surface area contributed by atoms with Gasteiger partial charge in [-0.3, -0.25) is 4.90 Å². The highest BCUT2D eigenvalue weighted by Gasteiger charge is 2.10. The van der Waals surface area contributed by atoms with Gasteiger partial charge in [0.25, 0.3) is 0 Å². The number of alkyl halides is 1. The molecule has 0 amide bonds. The number of benzene rings is 1. The van der Waals surface area contributed by atoms with Crippen molar-refractivity contribution in [2.45, 2.75) is 26.4 Å². The summed E-state index contributed by atoms with van der Waals surface area (Å²) in [5.74, 6) is 0.214. The van der Waals surface area contributed by atoms with Crippen LogP contribution in [0.5, 0.6) is 0 Å². The summed E-state index contributed by atoms with van der Waals surface area (Å²) >= 11 is 11.5. The maximum atomic E-state index is 13.0. The number of hydrogen-bond acceptors (Lipinski definition) is 1. The van der Waals surface area contributed by atoms with Gasteiger partial charge in [-0.1, -0.05) is 17.7 Å². The minimum atomic E-state index is -0.376. The van der Waals surface area contributed by atoms with E-state index in [2.05, 4.69) is 18.7 Å². The number of hydrogen-bond donors (Lipinski definition) is 0. The Kier molecular flexibility index (Phi) is 5.53. The first-order valence-corrected chi connectivity index (χ1v) is 6.19. The molecule has 0 aliphatic rings. The Morgan fingerprint density at radius 2 is 2.06 bits per heavy atom. The quantitative estimate of drug-likeness (QED) is 0.728. The van der Waals surface area contributed by atoms with Crippen molar-refractivity contribution in [1.82, 2.24) is 4.90 Å². The summed E-state index contributed by atoms with van der Waals surface area (Å²) in [5, 5.41) is 0.173. The van der Waals surface area contributed by atoms with Crippen LogP contribution in [0.15, 0.2) is 18.2 Å². The first-order chi connectivity index (χ1) is 7.54. The fraction of sp³-hybridized carbons (Fsp3) is 0.500. The molecule has 0 radical (unpaired) electrons. The molecule has 0 atom stereocenters. The molecule has 1 nitrogen and oxygen atoms in total. The molecule has 90 valence electrons. The van der Waals surface area contributed by atoms with Gasteiger partial charge >= 0.3 is 0 Å². The van der Waals surface area contributed by atoms with Crippen LogP contribution in [-0.4, -0.2) is 23.4 Å². The predicted molar refractivity (Wildman–Crippen MR) is 67.7 cm³/mol. The van der Waals surface area contributed by atoms with Crippen molar-refractivity contribution in [2.24, 2.45) is 0 Å². The second kappa shape index (κ2) is 6.43. The van der Waals surface area contributed by atoms with Crippen molar-refractivity contribution in [3.8, 4) is 0 Å². The second-order valence-electron chi connectivity index (χ2n) is 4.00. The van der Waals surface area contributed by atoms with Crippen LogP contribution < -0.4 is 0 Å². The molecule has 0 heterocycles. The molecular formula is C12H16Cl2FN. The smallest absolute Gasteiger partial charge is 0.141 e. The third kappa shape index (κ3) is 3.93. The highest BCUT2D eigenvalue weighted by Crippen LogP contribution is 2.18. The Hall–Kier alpha value is -0.310. The first kappa shape index (κ1) is 13.8. The van der Waals surface area contributed by atoms with Crippen LogP contribution in [0.2, 0.25) is 5.02 Å². The number of halogens is 3. The molecule has 0 saturated carbocycles. The lowest BCUT2D eigenvalue weighted by atomic mass is 10.2. The topological polar surface area (TPSA) is 3.24 Å². The van der Waals surface area contributed by atoms with E-state index in [1.54, 1.807) is 12.1 Å². The van der Waals surface area contributed by atoms with E-state index in [9.17, 15) is 4.39 Å². The van der Waals surface area contributed by atoms with E-state index in [4.69, 9.17) is 23.2 Å². The molecule has 1 aromatic carbocycles. The van der Waals surface area contributed by atoms with Crippen LogP contribution in [0, 0.1) is 5.82 Å². The number of nitrogens with zero attached hydrogens (tertiary/aromatic N) is 1. The van der Waals surface area contributed by atoms with Crippen LogP contribution in [0.4, 0.5) is 4.39 Å². The molecule has 0 aliphatic heterocycles. The predicted octanol–water partition coefficient (Wildman–Crippen LogP) is 3.93. The number of rotatable bonds is 5. The molecule has 0 spiro atoms. The lowest BCUT2D eigenvalue weighted by Crippen LogP contribution is -2.32. The average Bonchev–Trinajstić information content (AvgIpc) is 2.22. The van der Waals surface area contributed by atoms with Crippen molar-refractivity contribution < 1.29 is 4.39 Å². The van der Waals surface area contributed by atoms with Crippen molar-refractivity contribution in [3.05, 3.63) is 34.6 Å². The van der Waals surface area contributed by atoms with E-state index >= 15 is 0 Å². The highest BCUT2D eigenvalue weighted by atomic mass is 35.5. The van der Waals surface area contributed by atoms with Crippen molar-refractivity contribution in [3.63, 3.8) is 0 Å². The molecule has 0 N–H and O–H groups in total. The molecular weight excluding hydrogens is 248 g/mol. The van der Waals surface area contributed by atoms with Gasteiger partial charge in [-0.15, -0.1) is 11.6 Å². The zero-order chi connectivity index (χ0) is 12.1. The Morgan fingerprint density at radius 1 is 1.38 bits per heavy atom. The summed E-state index contributed by atoms with van der Waals surface area (Å²) in [5.41, 5.74) is 1.00. The Labute approximate surface area is 106 Å². The zero-order valence-corrected chi connectivity index (χ0v) is 11.0. The molecule has 1 aromatic rings. The van der Waals surface area contributed by atoms with Gasteiger partial charge in [0, 0.05) is 25.0 Å². The molecule has 0 aliphatic carbocycles. The van der Waals surface area contributed by atoms with Gasteiger partial charge in [-0.05, 0) is 31.5 Å².